The lowest BCUT2D eigenvalue weighted by molar-refractivity contribution is -0.118. The zero-order valence-corrected chi connectivity index (χ0v) is 12.8. The van der Waals surface area contributed by atoms with Crippen molar-refractivity contribution in [1.82, 2.24) is 10.3 Å². The van der Waals surface area contributed by atoms with E-state index >= 15 is 0 Å². The van der Waals surface area contributed by atoms with Crippen LogP contribution in [0.25, 0.3) is 10.9 Å². The Morgan fingerprint density at radius 2 is 1.82 bits per heavy atom. The number of alkyl halides is 1. The molecule has 1 atom stereocenters. The number of carbonyl (C=O) groups is 1. The molecule has 3 aromatic rings. The smallest absolute Gasteiger partial charge is 0.234 e. The zero-order chi connectivity index (χ0) is 15.4. The molecule has 0 radical (unpaired) electrons. The van der Waals surface area contributed by atoms with Crippen molar-refractivity contribution in [2.24, 2.45) is 0 Å². The number of halogens is 1. The second kappa shape index (κ2) is 6.67. The molecule has 0 aliphatic carbocycles. The van der Waals surface area contributed by atoms with Crippen molar-refractivity contribution in [2.45, 2.75) is 5.92 Å². The molecular weight excluding hydrogens is 296 g/mol. The fraction of sp³-hybridized carbons (Fsp3) is 0.167. The Kier molecular flexibility index (Phi) is 4.45. The molecule has 0 saturated heterocycles. The normalized spacial score (nSPS) is 12.2. The van der Waals surface area contributed by atoms with E-state index < -0.39 is 0 Å². The number of benzene rings is 2. The predicted molar refractivity (Wildman–Crippen MR) is 90.3 cm³/mol. The van der Waals surface area contributed by atoms with Crippen molar-refractivity contribution < 1.29 is 4.79 Å². The lowest BCUT2D eigenvalue weighted by atomic mass is 9.91. The third kappa shape index (κ3) is 3.00. The molecule has 4 heteroatoms. The second-order valence-corrected chi connectivity index (χ2v) is 5.46. The summed E-state index contributed by atoms with van der Waals surface area (Å²) in [5.41, 5.74) is 3.45. The summed E-state index contributed by atoms with van der Waals surface area (Å²) < 4.78 is 0. The van der Waals surface area contributed by atoms with Gasteiger partial charge in [0.25, 0.3) is 0 Å². The molecule has 2 aromatic carbocycles. The van der Waals surface area contributed by atoms with Gasteiger partial charge in [-0.05, 0) is 17.2 Å². The number of amides is 1. The molecule has 1 aromatic heterocycles. The minimum atomic E-state index is -0.151. The number of hydrogen-bond donors (Lipinski definition) is 2. The molecule has 1 unspecified atom stereocenters. The summed E-state index contributed by atoms with van der Waals surface area (Å²) in [5, 5.41) is 4.08. The van der Waals surface area contributed by atoms with Gasteiger partial charge < -0.3 is 10.3 Å². The van der Waals surface area contributed by atoms with Crippen molar-refractivity contribution >= 4 is 28.4 Å². The summed E-state index contributed by atoms with van der Waals surface area (Å²) >= 11 is 5.58. The van der Waals surface area contributed by atoms with E-state index in [1.807, 2.05) is 36.5 Å². The Labute approximate surface area is 134 Å². The number of para-hydroxylation sites is 1. The first-order valence-corrected chi connectivity index (χ1v) is 7.76. The van der Waals surface area contributed by atoms with E-state index in [0.717, 1.165) is 5.52 Å². The van der Waals surface area contributed by atoms with E-state index in [1.54, 1.807) is 0 Å². The highest BCUT2D eigenvalue weighted by atomic mass is 35.5. The first-order chi connectivity index (χ1) is 10.8. The number of hydrogen-bond acceptors (Lipinski definition) is 1. The van der Waals surface area contributed by atoms with E-state index in [0.29, 0.717) is 6.54 Å². The SMILES string of the molecule is O=C(CCl)NCC(c1ccccc1)c1c[nH]c2ccccc12. The largest absolute Gasteiger partial charge is 0.361 e. The molecular formula is C18H17ClN2O. The van der Waals surface area contributed by atoms with Crippen LogP contribution in [0.3, 0.4) is 0 Å². The van der Waals surface area contributed by atoms with Gasteiger partial charge in [0, 0.05) is 29.6 Å². The van der Waals surface area contributed by atoms with Gasteiger partial charge in [0.1, 0.15) is 5.88 Å². The molecule has 0 bridgehead atoms. The zero-order valence-electron chi connectivity index (χ0n) is 12.1. The van der Waals surface area contributed by atoms with Crippen LogP contribution in [0.15, 0.2) is 60.8 Å². The molecule has 3 rings (SSSR count). The van der Waals surface area contributed by atoms with Gasteiger partial charge in [-0.1, -0.05) is 48.5 Å². The maximum Gasteiger partial charge on any atom is 0.234 e. The van der Waals surface area contributed by atoms with Crippen LogP contribution in [0.5, 0.6) is 0 Å². The van der Waals surface area contributed by atoms with Gasteiger partial charge in [-0.3, -0.25) is 4.79 Å². The van der Waals surface area contributed by atoms with Gasteiger partial charge in [-0.2, -0.15) is 0 Å². The van der Waals surface area contributed by atoms with Gasteiger partial charge in [0.05, 0.1) is 0 Å². The van der Waals surface area contributed by atoms with Crippen molar-refractivity contribution in [1.29, 1.82) is 0 Å². The summed E-state index contributed by atoms with van der Waals surface area (Å²) in [4.78, 5) is 14.8. The molecule has 0 spiro atoms. The second-order valence-electron chi connectivity index (χ2n) is 5.19. The van der Waals surface area contributed by atoms with E-state index in [4.69, 9.17) is 11.6 Å². The van der Waals surface area contributed by atoms with Gasteiger partial charge in [-0.15, -0.1) is 11.6 Å². The van der Waals surface area contributed by atoms with E-state index in [2.05, 4.69) is 34.6 Å². The van der Waals surface area contributed by atoms with Crippen LogP contribution in [0, 0.1) is 0 Å². The lowest BCUT2D eigenvalue weighted by Gasteiger charge is -2.18. The maximum atomic E-state index is 11.5. The topological polar surface area (TPSA) is 44.9 Å². The first kappa shape index (κ1) is 14.7. The molecule has 0 aliphatic heterocycles. The van der Waals surface area contributed by atoms with Crippen molar-refractivity contribution in [3.8, 4) is 0 Å². The highest BCUT2D eigenvalue weighted by molar-refractivity contribution is 6.27. The number of carbonyl (C=O) groups excluding carboxylic acids is 1. The summed E-state index contributed by atoms with van der Waals surface area (Å²) in [6.45, 7) is 0.525. The van der Waals surface area contributed by atoms with Crippen LogP contribution >= 0.6 is 11.6 Å². The molecule has 1 amide bonds. The van der Waals surface area contributed by atoms with Crippen molar-refractivity contribution in [2.75, 3.05) is 12.4 Å². The van der Waals surface area contributed by atoms with Crippen LogP contribution in [0.2, 0.25) is 0 Å². The van der Waals surface area contributed by atoms with Gasteiger partial charge >= 0.3 is 0 Å². The fourth-order valence-corrected chi connectivity index (χ4v) is 2.83. The molecule has 1 heterocycles. The molecule has 22 heavy (non-hydrogen) atoms. The van der Waals surface area contributed by atoms with Crippen LogP contribution in [0.1, 0.15) is 17.0 Å². The number of aromatic amines is 1. The standard InChI is InChI=1S/C18H17ClN2O/c19-10-18(22)21-11-15(13-6-2-1-3-7-13)16-12-20-17-9-5-4-8-14(16)17/h1-9,12,15,20H,10-11H2,(H,21,22). The summed E-state index contributed by atoms with van der Waals surface area (Å²) in [6, 6.07) is 18.4. The minimum absolute atomic E-state index is 0.0185. The third-order valence-electron chi connectivity index (χ3n) is 3.82. The van der Waals surface area contributed by atoms with Crippen LogP contribution < -0.4 is 5.32 Å². The fourth-order valence-electron chi connectivity index (χ4n) is 2.74. The number of aromatic nitrogens is 1. The van der Waals surface area contributed by atoms with Crippen molar-refractivity contribution in [3.05, 3.63) is 71.9 Å². The molecule has 3 nitrogen and oxygen atoms in total. The number of H-pyrrole nitrogens is 1. The summed E-state index contributed by atoms with van der Waals surface area (Å²) in [6.07, 6.45) is 2.02. The molecule has 0 saturated carbocycles. The lowest BCUT2D eigenvalue weighted by Crippen LogP contribution is -2.29. The highest BCUT2D eigenvalue weighted by Gasteiger charge is 2.18. The van der Waals surface area contributed by atoms with Crippen LogP contribution in [0.4, 0.5) is 0 Å². The Morgan fingerprint density at radius 3 is 2.59 bits per heavy atom. The Hall–Kier alpha value is -2.26. The minimum Gasteiger partial charge on any atom is -0.361 e. The predicted octanol–water partition coefficient (Wildman–Crippen LogP) is 3.65. The van der Waals surface area contributed by atoms with Crippen LogP contribution in [-0.4, -0.2) is 23.3 Å². The number of fused-ring (bicyclic) bond motifs is 1. The summed E-state index contributed by atoms with van der Waals surface area (Å²) in [5.74, 6) is -0.0815. The molecule has 112 valence electrons. The Morgan fingerprint density at radius 1 is 1.09 bits per heavy atom. The third-order valence-corrected chi connectivity index (χ3v) is 4.07. The molecule has 0 aliphatic rings. The van der Waals surface area contributed by atoms with E-state index in [9.17, 15) is 4.79 Å². The Balaban J connectivity index is 1.99. The monoisotopic (exact) mass is 312 g/mol. The maximum absolute atomic E-state index is 11.5. The van der Waals surface area contributed by atoms with E-state index in [1.165, 1.54) is 16.5 Å². The van der Waals surface area contributed by atoms with Gasteiger partial charge in [-0.25, -0.2) is 0 Å². The molecule has 2 N–H and O–H groups in total. The van der Waals surface area contributed by atoms with E-state index in [-0.39, 0.29) is 17.7 Å². The number of nitrogens with one attached hydrogen (secondary N) is 2. The average Bonchev–Trinajstić information content (AvgIpc) is 3.00. The van der Waals surface area contributed by atoms with Crippen LogP contribution in [-0.2, 0) is 4.79 Å². The average molecular weight is 313 g/mol. The first-order valence-electron chi connectivity index (χ1n) is 7.23. The Bertz CT molecular complexity index is 767. The molecule has 0 fully saturated rings. The van der Waals surface area contributed by atoms with Gasteiger partial charge in [0.15, 0.2) is 0 Å². The number of rotatable bonds is 5. The summed E-state index contributed by atoms with van der Waals surface area (Å²) in [7, 11) is 0. The van der Waals surface area contributed by atoms with Gasteiger partial charge in [0.2, 0.25) is 5.91 Å². The highest BCUT2D eigenvalue weighted by Crippen LogP contribution is 2.30. The van der Waals surface area contributed by atoms with Crippen molar-refractivity contribution in [3.63, 3.8) is 0 Å². The quantitative estimate of drug-likeness (QED) is 0.694.